The molecule has 2 aromatic rings. The lowest BCUT2D eigenvalue weighted by Gasteiger charge is -2.45. The van der Waals surface area contributed by atoms with Crippen LogP contribution in [0.3, 0.4) is 0 Å². The molecule has 2 aliphatic heterocycles. The van der Waals surface area contributed by atoms with Crippen LogP contribution in [0.5, 0.6) is 0 Å². The molecule has 6 nitrogen and oxygen atoms in total. The van der Waals surface area contributed by atoms with Crippen LogP contribution >= 0.6 is 0 Å². The minimum Gasteiger partial charge on any atom is -0.293 e. The van der Waals surface area contributed by atoms with Gasteiger partial charge >= 0.3 is 0 Å². The number of rotatable bonds is 5. The van der Waals surface area contributed by atoms with Crippen molar-refractivity contribution in [2.24, 2.45) is 0 Å². The fourth-order valence-corrected chi connectivity index (χ4v) is 4.31. The summed E-state index contributed by atoms with van der Waals surface area (Å²) in [5.41, 5.74) is -0.320. The molecule has 2 fully saturated rings. The number of fused-ring (bicyclic) bond motifs is 1. The van der Waals surface area contributed by atoms with Gasteiger partial charge in [0.05, 0.1) is 17.8 Å². The minimum atomic E-state index is -1.39. The maximum absolute atomic E-state index is 14.1. The molecule has 0 bridgehead atoms. The number of tetrazole rings is 1. The van der Waals surface area contributed by atoms with Crippen LogP contribution < -0.4 is 0 Å². The summed E-state index contributed by atoms with van der Waals surface area (Å²) in [6, 6.07) is 7.18. The number of hydrogen-bond acceptors (Lipinski definition) is 5. The van der Waals surface area contributed by atoms with Gasteiger partial charge in [0.2, 0.25) is 0 Å². The Kier molecular flexibility index (Phi) is 4.71. The molecule has 0 saturated carbocycles. The Balaban J connectivity index is 1.51. The molecule has 0 radical (unpaired) electrons. The fraction of sp³-hybridized carbons (Fsp3) is 0.632. The standard InChI is InChI=1S/C19H26F2N6/c1-18(2,21)15-4-6-16(7-5-15)27-17(22-23-24-27)12-25-10-11-26-9-3-8-19(26,13-20)14-25/h4-7H,3,8-14H2,1-2H3. The van der Waals surface area contributed by atoms with E-state index in [-0.39, 0.29) is 12.2 Å². The van der Waals surface area contributed by atoms with Gasteiger partial charge in [-0.25, -0.2) is 8.78 Å². The van der Waals surface area contributed by atoms with Crippen molar-refractivity contribution in [2.45, 2.75) is 44.4 Å². The predicted octanol–water partition coefficient (Wildman–Crippen LogP) is 2.49. The average Bonchev–Trinajstić information content (AvgIpc) is 3.28. The first-order valence-electron chi connectivity index (χ1n) is 9.52. The van der Waals surface area contributed by atoms with Gasteiger partial charge in [0.15, 0.2) is 5.82 Å². The second-order valence-electron chi connectivity index (χ2n) is 8.19. The second kappa shape index (κ2) is 6.91. The maximum atomic E-state index is 14.1. The summed E-state index contributed by atoms with van der Waals surface area (Å²) >= 11 is 0. The molecule has 0 amide bonds. The molecule has 27 heavy (non-hydrogen) atoms. The van der Waals surface area contributed by atoms with Gasteiger partial charge in [-0.2, -0.15) is 4.68 Å². The summed E-state index contributed by atoms with van der Waals surface area (Å²) in [5.74, 6) is 0.711. The molecule has 2 saturated heterocycles. The molecule has 1 aromatic carbocycles. The lowest BCUT2D eigenvalue weighted by atomic mass is 9.95. The molecular formula is C19H26F2N6. The molecule has 1 unspecified atom stereocenters. The van der Waals surface area contributed by atoms with E-state index in [1.165, 1.54) is 13.8 Å². The smallest absolute Gasteiger partial charge is 0.170 e. The fourth-order valence-electron chi connectivity index (χ4n) is 4.31. The summed E-state index contributed by atoms with van der Waals surface area (Å²) in [6.07, 6.45) is 1.97. The first-order valence-corrected chi connectivity index (χ1v) is 9.52. The highest BCUT2D eigenvalue weighted by Gasteiger charge is 2.45. The summed E-state index contributed by atoms with van der Waals surface area (Å²) in [7, 11) is 0. The molecule has 1 aromatic heterocycles. The number of hydrogen-bond donors (Lipinski definition) is 0. The van der Waals surface area contributed by atoms with Crippen molar-refractivity contribution in [2.75, 3.05) is 32.9 Å². The van der Waals surface area contributed by atoms with Crippen molar-refractivity contribution in [3.8, 4) is 5.69 Å². The quantitative estimate of drug-likeness (QED) is 0.803. The molecule has 1 atom stereocenters. The first kappa shape index (κ1) is 18.4. The molecule has 146 valence electrons. The van der Waals surface area contributed by atoms with Crippen molar-refractivity contribution in [1.82, 2.24) is 30.0 Å². The number of halogens is 2. The van der Waals surface area contributed by atoms with E-state index in [0.29, 0.717) is 24.5 Å². The van der Waals surface area contributed by atoms with E-state index >= 15 is 0 Å². The molecule has 0 aliphatic carbocycles. The molecule has 3 heterocycles. The third-order valence-electron chi connectivity index (χ3n) is 5.89. The third-order valence-corrected chi connectivity index (χ3v) is 5.89. The van der Waals surface area contributed by atoms with Crippen LogP contribution in [0.1, 0.15) is 38.1 Å². The van der Waals surface area contributed by atoms with E-state index in [1.807, 2.05) is 12.1 Å². The van der Waals surface area contributed by atoms with Crippen molar-refractivity contribution < 1.29 is 8.78 Å². The number of alkyl halides is 2. The van der Waals surface area contributed by atoms with Gasteiger partial charge in [0.25, 0.3) is 0 Å². The Morgan fingerprint density at radius 1 is 1.15 bits per heavy atom. The van der Waals surface area contributed by atoms with Gasteiger partial charge < -0.3 is 0 Å². The second-order valence-corrected chi connectivity index (χ2v) is 8.19. The monoisotopic (exact) mass is 376 g/mol. The third kappa shape index (κ3) is 3.48. The number of piperazine rings is 1. The zero-order valence-electron chi connectivity index (χ0n) is 15.9. The van der Waals surface area contributed by atoms with Crippen LogP contribution in [0.4, 0.5) is 8.78 Å². The van der Waals surface area contributed by atoms with Gasteiger partial charge in [-0.1, -0.05) is 12.1 Å². The Hall–Kier alpha value is -1.93. The highest BCUT2D eigenvalue weighted by molar-refractivity contribution is 5.36. The SMILES string of the molecule is CC(C)(F)c1ccc(-n2nnnc2CN2CCN3CCCC3(CF)C2)cc1. The van der Waals surface area contributed by atoms with Crippen molar-refractivity contribution in [3.05, 3.63) is 35.7 Å². The van der Waals surface area contributed by atoms with Crippen LogP contribution in [-0.2, 0) is 12.2 Å². The lowest BCUT2D eigenvalue weighted by molar-refractivity contribution is 0.00663. The molecule has 0 spiro atoms. The normalized spacial score (nSPS) is 24.3. The first-order chi connectivity index (χ1) is 12.9. The molecular weight excluding hydrogens is 350 g/mol. The summed E-state index contributed by atoms with van der Waals surface area (Å²) in [6.45, 7) is 6.78. The summed E-state index contributed by atoms with van der Waals surface area (Å²) < 4.78 is 29.6. The van der Waals surface area contributed by atoms with E-state index in [2.05, 4.69) is 25.3 Å². The van der Waals surface area contributed by atoms with Gasteiger partial charge in [-0.15, -0.1) is 5.10 Å². The number of aromatic nitrogens is 4. The van der Waals surface area contributed by atoms with Crippen LogP contribution in [0.25, 0.3) is 5.69 Å². The molecule has 0 N–H and O–H groups in total. The number of benzene rings is 1. The van der Waals surface area contributed by atoms with Crippen molar-refractivity contribution in [3.63, 3.8) is 0 Å². The van der Waals surface area contributed by atoms with Crippen LogP contribution in [0, 0.1) is 0 Å². The largest absolute Gasteiger partial charge is 0.293 e. The highest BCUT2D eigenvalue weighted by Crippen LogP contribution is 2.33. The van der Waals surface area contributed by atoms with E-state index in [9.17, 15) is 8.78 Å². The predicted molar refractivity (Wildman–Crippen MR) is 98.1 cm³/mol. The Morgan fingerprint density at radius 2 is 1.93 bits per heavy atom. The Morgan fingerprint density at radius 3 is 2.63 bits per heavy atom. The van der Waals surface area contributed by atoms with Gasteiger partial charge in [0, 0.05) is 19.6 Å². The lowest BCUT2D eigenvalue weighted by Crippen LogP contribution is -2.60. The van der Waals surface area contributed by atoms with Gasteiger partial charge in [0.1, 0.15) is 12.3 Å². The summed E-state index contributed by atoms with van der Waals surface area (Å²) in [4.78, 5) is 4.53. The zero-order valence-corrected chi connectivity index (χ0v) is 15.9. The molecule has 2 aliphatic rings. The molecule has 8 heteroatoms. The van der Waals surface area contributed by atoms with E-state index in [1.54, 1.807) is 16.8 Å². The van der Waals surface area contributed by atoms with E-state index in [0.717, 1.165) is 38.2 Å². The van der Waals surface area contributed by atoms with Crippen LogP contribution in [0.15, 0.2) is 24.3 Å². The number of nitrogens with zero attached hydrogens (tertiary/aromatic N) is 6. The minimum absolute atomic E-state index is 0.311. The Labute approximate surface area is 158 Å². The van der Waals surface area contributed by atoms with Crippen LogP contribution in [0.2, 0.25) is 0 Å². The molecule has 4 rings (SSSR count). The highest BCUT2D eigenvalue weighted by atomic mass is 19.1. The van der Waals surface area contributed by atoms with Crippen LogP contribution in [-0.4, -0.2) is 68.4 Å². The average molecular weight is 376 g/mol. The Bertz CT molecular complexity index is 784. The zero-order chi connectivity index (χ0) is 19.1. The van der Waals surface area contributed by atoms with E-state index in [4.69, 9.17) is 0 Å². The van der Waals surface area contributed by atoms with Gasteiger partial charge in [-0.05, 0) is 61.4 Å². The van der Waals surface area contributed by atoms with E-state index < -0.39 is 5.67 Å². The maximum Gasteiger partial charge on any atom is 0.170 e. The van der Waals surface area contributed by atoms with Crippen molar-refractivity contribution >= 4 is 0 Å². The van der Waals surface area contributed by atoms with Gasteiger partial charge in [-0.3, -0.25) is 9.80 Å². The van der Waals surface area contributed by atoms with Crippen molar-refractivity contribution in [1.29, 1.82) is 0 Å². The topological polar surface area (TPSA) is 50.1 Å². The summed E-state index contributed by atoms with van der Waals surface area (Å²) in [5, 5.41) is 12.1.